The molecule has 1 atom stereocenters. The summed E-state index contributed by atoms with van der Waals surface area (Å²) in [6, 6.07) is 10.9. The van der Waals surface area contributed by atoms with Gasteiger partial charge in [0.2, 0.25) is 0 Å². The molecule has 0 aliphatic heterocycles. The molecule has 1 aromatic carbocycles. The van der Waals surface area contributed by atoms with E-state index in [0.717, 1.165) is 0 Å². The van der Waals surface area contributed by atoms with Crippen molar-refractivity contribution in [2.24, 2.45) is 0 Å². The molecule has 0 radical (unpaired) electrons. The first kappa shape index (κ1) is 22.7. The number of H-pyrrole nitrogens is 1. The van der Waals surface area contributed by atoms with E-state index in [4.69, 9.17) is 14.7 Å². The van der Waals surface area contributed by atoms with Gasteiger partial charge >= 0.3 is 11.9 Å². The molecule has 0 aliphatic carbocycles. The molecule has 1 aromatic heterocycles. The van der Waals surface area contributed by atoms with E-state index in [0.29, 0.717) is 28.9 Å². The van der Waals surface area contributed by atoms with Gasteiger partial charge in [-0.15, -0.1) is 0 Å². The van der Waals surface area contributed by atoms with Crippen molar-refractivity contribution >= 4 is 23.5 Å². The van der Waals surface area contributed by atoms with Gasteiger partial charge in [0.05, 0.1) is 25.2 Å². The fourth-order valence-electron chi connectivity index (χ4n) is 3.13. The lowest BCUT2D eigenvalue weighted by atomic mass is 10.1. The Morgan fingerprint density at radius 3 is 2.43 bits per heavy atom. The van der Waals surface area contributed by atoms with Crippen LogP contribution < -0.4 is 4.90 Å². The molecule has 8 heteroatoms. The van der Waals surface area contributed by atoms with Crippen LogP contribution in [0.2, 0.25) is 0 Å². The zero-order valence-corrected chi connectivity index (χ0v) is 17.5. The van der Waals surface area contributed by atoms with E-state index in [1.165, 1.54) is 18.9 Å². The number of aromatic amines is 1. The molecule has 8 nitrogen and oxygen atoms in total. The highest BCUT2D eigenvalue weighted by molar-refractivity contribution is 6.01. The van der Waals surface area contributed by atoms with Crippen LogP contribution in [0.15, 0.2) is 30.3 Å². The number of hydrogen-bond acceptors (Lipinski definition) is 6. The summed E-state index contributed by atoms with van der Waals surface area (Å²) in [5.74, 6) is -1.74. The number of esters is 2. The minimum absolute atomic E-state index is 0.107. The Morgan fingerprint density at radius 1 is 1.20 bits per heavy atom. The van der Waals surface area contributed by atoms with E-state index >= 15 is 0 Å². The van der Waals surface area contributed by atoms with Crippen molar-refractivity contribution in [3.8, 4) is 6.07 Å². The van der Waals surface area contributed by atoms with Crippen LogP contribution in [0.25, 0.3) is 0 Å². The average molecular weight is 411 g/mol. The molecule has 2 rings (SSSR count). The molecule has 1 N–H and O–H groups in total. The number of ether oxygens (including phenoxy) is 2. The Balaban J connectivity index is 2.23. The van der Waals surface area contributed by atoms with Gasteiger partial charge in [0.1, 0.15) is 5.69 Å². The number of carbonyl (C=O) groups is 3. The third-order valence-electron chi connectivity index (χ3n) is 4.69. The van der Waals surface area contributed by atoms with Crippen molar-refractivity contribution in [2.75, 3.05) is 18.6 Å². The molecule has 30 heavy (non-hydrogen) atoms. The summed E-state index contributed by atoms with van der Waals surface area (Å²) in [6.45, 7) is 5.11. The number of amides is 1. The zero-order valence-electron chi connectivity index (χ0n) is 17.5. The summed E-state index contributed by atoms with van der Waals surface area (Å²) < 4.78 is 10.2. The predicted molar refractivity (Wildman–Crippen MR) is 110 cm³/mol. The number of anilines is 1. The zero-order chi connectivity index (χ0) is 22.3. The molecule has 0 saturated carbocycles. The monoisotopic (exact) mass is 411 g/mol. The fourth-order valence-corrected chi connectivity index (χ4v) is 3.13. The average Bonchev–Trinajstić information content (AvgIpc) is 3.10. The summed E-state index contributed by atoms with van der Waals surface area (Å²) in [5.41, 5.74) is 1.98. The molecule has 0 saturated heterocycles. The number of methoxy groups -OCH3 is 1. The molecule has 1 unspecified atom stereocenters. The molecule has 0 bridgehead atoms. The van der Waals surface area contributed by atoms with Crippen LogP contribution in [0.3, 0.4) is 0 Å². The Bertz CT molecular complexity index is 959. The maximum Gasteiger partial charge on any atom is 0.355 e. The Morgan fingerprint density at radius 2 is 1.87 bits per heavy atom. The van der Waals surface area contributed by atoms with Crippen LogP contribution >= 0.6 is 0 Å². The third-order valence-corrected chi connectivity index (χ3v) is 4.69. The van der Waals surface area contributed by atoms with Crippen LogP contribution in [-0.4, -0.2) is 42.6 Å². The van der Waals surface area contributed by atoms with Crippen LogP contribution in [0, 0.1) is 18.3 Å². The van der Waals surface area contributed by atoms with Gasteiger partial charge in [-0.3, -0.25) is 4.79 Å². The highest BCUT2D eigenvalue weighted by atomic mass is 16.5. The molecule has 158 valence electrons. The summed E-state index contributed by atoms with van der Waals surface area (Å²) >= 11 is 0. The van der Waals surface area contributed by atoms with Gasteiger partial charge < -0.3 is 19.4 Å². The molecular formula is C22H25N3O5. The predicted octanol–water partition coefficient (Wildman–Crippen LogP) is 3.16. The molecule has 2 aromatic rings. The first-order valence-electron chi connectivity index (χ1n) is 9.59. The van der Waals surface area contributed by atoms with Crippen molar-refractivity contribution in [2.45, 2.75) is 39.7 Å². The van der Waals surface area contributed by atoms with Gasteiger partial charge in [-0.25, -0.2) is 9.59 Å². The van der Waals surface area contributed by atoms with Crippen molar-refractivity contribution in [1.29, 1.82) is 5.26 Å². The molecule has 1 heterocycles. The summed E-state index contributed by atoms with van der Waals surface area (Å²) in [6.07, 6.45) is -0.465. The standard InChI is InChI=1S/C22H25N3O5/c1-5-17-18(21(27)29-4)14(2)19(24-17)22(28)30-15(3)20(26)25(13-9-12-23)16-10-7-6-8-11-16/h6-8,10-11,15,24H,5,9,13H2,1-4H3. The molecular weight excluding hydrogens is 386 g/mol. The Kier molecular flexibility index (Phi) is 7.76. The van der Waals surface area contributed by atoms with E-state index in [1.54, 1.807) is 31.2 Å². The number of nitrogens with zero attached hydrogens (tertiary/aromatic N) is 2. The number of aromatic nitrogens is 1. The topological polar surface area (TPSA) is 112 Å². The first-order valence-corrected chi connectivity index (χ1v) is 9.59. The normalized spacial score (nSPS) is 11.3. The van der Waals surface area contributed by atoms with Gasteiger partial charge in [-0.2, -0.15) is 5.26 Å². The van der Waals surface area contributed by atoms with Gasteiger partial charge in [0.15, 0.2) is 6.10 Å². The van der Waals surface area contributed by atoms with Gasteiger partial charge in [0, 0.05) is 17.9 Å². The second-order valence-corrected chi connectivity index (χ2v) is 6.60. The number of benzene rings is 1. The van der Waals surface area contributed by atoms with Crippen LogP contribution in [-0.2, 0) is 20.7 Å². The van der Waals surface area contributed by atoms with Crippen molar-refractivity contribution < 1.29 is 23.9 Å². The molecule has 1 amide bonds. The maximum atomic E-state index is 12.9. The number of hydrogen-bond donors (Lipinski definition) is 1. The summed E-state index contributed by atoms with van der Waals surface area (Å²) in [7, 11) is 1.27. The van der Waals surface area contributed by atoms with Crippen LogP contribution in [0.5, 0.6) is 0 Å². The molecule has 0 spiro atoms. The highest BCUT2D eigenvalue weighted by Gasteiger charge is 2.29. The van der Waals surface area contributed by atoms with Crippen LogP contribution in [0.4, 0.5) is 5.69 Å². The first-order chi connectivity index (χ1) is 14.3. The van der Waals surface area contributed by atoms with E-state index in [-0.39, 0.29) is 18.7 Å². The lowest BCUT2D eigenvalue weighted by Gasteiger charge is -2.25. The summed E-state index contributed by atoms with van der Waals surface area (Å²) in [5, 5.41) is 8.91. The number of nitriles is 1. The second-order valence-electron chi connectivity index (χ2n) is 6.60. The largest absolute Gasteiger partial charge is 0.465 e. The van der Waals surface area contributed by atoms with E-state index in [2.05, 4.69) is 4.98 Å². The highest BCUT2D eigenvalue weighted by Crippen LogP contribution is 2.22. The van der Waals surface area contributed by atoms with Gasteiger partial charge in [-0.1, -0.05) is 25.1 Å². The quantitative estimate of drug-likeness (QED) is 0.668. The smallest absolute Gasteiger partial charge is 0.355 e. The number of carbonyl (C=O) groups excluding carboxylic acids is 3. The van der Waals surface area contributed by atoms with E-state index in [9.17, 15) is 14.4 Å². The maximum absolute atomic E-state index is 12.9. The van der Waals surface area contributed by atoms with Crippen molar-refractivity contribution in [3.05, 3.63) is 52.8 Å². The number of rotatable bonds is 8. The van der Waals surface area contributed by atoms with Crippen molar-refractivity contribution in [3.63, 3.8) is 0 Å². The minimum atomic E-state index is -1.09. The van der Waals surface area contributed by atoms with Crippen LogP contribution in [0.1, 0.15) is 52.4 Å². The van der Waals surface area contributed by atoms with E-state index in [1.807, 2.05) is 19.1 Å². The fraction of sp³-hybridized carbons (Fsp3) is 0.364. The second kappa shape index (κ2) is 10.3. The minimum Gasteiger partial charge on any atom is -0.465 e. The number of para-hydroxylation sites is 1. The Hall–Kier alpha value is -3.60. The lowest BCUT2D eigenvalue weighted by Crippen LogP contribution is -2.40. The van der Waals surface area contributed by atoms with E-state index < -0.39 is 23.9 Å². The van der Waals surface area contributed by atoms with Gasteiger partial charge in [-0.05, 0) is 38.0 Å². The SMILES string of the molecule is CCc1[nH]c(C(=O)OC(C)C(=O)N(CCC#N)c2ccccc2)c(C)c1C(=O)OC. The third kappa shape index (κ3) is 4.87. The summed E-state index contributed by atoms with van der Waals surface area (Å²) in [4.78, 5) is 42.0. The Labute approximate surface area is 175 Å². The van der Waals surface area contributed by atoms with Crippen molar-refractivity contribution in [1.82, 2.24) is 4.98 Å². The number of aryl methyl sites for hydroxylation is 1. The molecule has 0 fully saturated rings. The lowest BCUT2D eigenvalue weighted by molar-refractivity contribution is -0.126. The van der Waals surface area contributed by atoms with Gasteiger partial charge in [0.25, 0.3) is 5.91 Å². The molecule has 0 aliphatic rings. The number of nitrogens with one attached hydrogen (secondary N) is 1.